The molecule has 174 valence electrons. The molecule has 0 saturated heterocycles. The Bertz CT molecular complexity index is 1340. The molecular formula is C21H20F3N5O3S. The third-order valence-electron chi connectivity index (χ3n) is 4.61. The van der Waals surface area contributed by atoms with Gasteiger partial charge in [0, 0.05) is 22.5 Å². The van der Waals surface area contributed by atoms with Gasteiger partial charge >= 0.3 is 6.18 Å². The highest BCUT2D eigenvalue weighted by molar-refractivity contribution is 7.91. The monoisotopic (exact) mass is 479 g/mol. The summed E-state index contributed by atoms with van der Waals surface area (Å²) < 4.78 is 65.6. The van der Waals surface area contributed by atoms with Crippen molar-refractivity contribution in [3.63, 3.8) is 0 Å². The molecule has 0 radical (unpaired) electrons. The minimum absolute atomic E-state index is 0.142. The van der Waals surface area contributed by atoms with E-state index in [1.54, 1.807) is 26.0 Å². The molecular weight excluding hydrogens is 459 g/mol. The average Bonchev–Trinajstić information content (AvgIpc) is 2.68. The van der Waals surface area contributed by atoms with Crippen LogP contribution >= 0.6 is 0 Å². The number of carbonyl (C=O) groups excluding carboxylic acids is 1. The van der Waals surface area contributed by atoms with Crippen molar-refractivity contribution in [2.45, 2.75) is 31.8 Å². The number of alkyl halides is 3. The van der Waals surface area contributed by atoms with Gasteiger partial charge in [-0.15, -0.1) is 10.2 Å². The quantitative estimate of drug-likeness (QED) is 0.538. The molecule has 33 heavy (non-hydrogen) atoms. The Labute approximate surface area is 188 Å². The van der Waals surface area contributed by atoms with Crippen molar-refractivity contribution in [1.82, 2.24) is 15.2 Å². The lowest BCUT2D eigenvalue weighted by atomic mass is 10.1. The van der Waals surface area contributed by atoms with Crippen molar-refractivity contribution in [3.8, 4) is 11.6 Å². The number of aromatic nitrogens is 3. The van der Waals surface area contributed by atoms with Gasteiger partial charge < -0.3 is 10.1 Å². The fraction of sp³-hybridized carbons (Fsp3) is 0.238. The van der Waals surface area contributed by atoms with Crippen LogP contribution in [-0.2, 0) is 15.9 Å². The van der Waals surface area contributed by atoms with Gasteiger partial charge in [-0.2, -0.15) is 13.2 Å². The second-order valence-corrected chi connectivity index (χ2v) is 9.47. The number of ether oxygens (including phenoxy) is 1. The molecule has 2 aromatic heterocycles. The van der Waals surface area contributed by atoms with Crippen molar-refractivity contribution < 1.29 is 26.9 Å². The predicted octanol–water partition coefficient (Wildman–Crippen LogP) is 4.90. The molecule has 1 amide bonds. The Balaban J connectivity index is 2.08. The van der Waals surface area contributed by atoms with Crippen LogP contribution in [0.25, 0.3) is 0 Å². The summed E-state index contributed by atoms with van der Waals surface area (Å²) in [5.41, 5.74) is -0.973. The minimum atomic E-state index is -4.84. The van der Waals surface area contributed by atoms with Gasteiger partial charge in [0.05, 0.1) is 15.4 Å². The number of benzene rings is 1. The van der Waals surface area contributed by atoms with E-state index in [1.807, 2.05) is 0 Å². The van der Waals surface area contributed by atoms with E-state index in [0.29, 0.717) is 11.4 Å². The SMILES string of the molecule is Cc1ccc(Oc2nnc(C(F)(F)F)c(C)c2C(=O)Nc2cccc([S@@](C)(=N)=O)c2)c(C)n1. The van der Waals surface area contributed by atoms with E-state index in [0.717, 1.165) is 6.92 Å². The molecule has 8 nitrogen and oxygen atoms in total. The summed E-state index contributed by atoms with van der Waals surface area (Å²) in [6, 6.07) is 8.89. The number of pyridine rings is 1. The molecule has 1 atom stereocenters. The number of rotatable bonds is 5. The van der Waals surface area contributed by atoms with Crippen LogP contribution in [0.4, 0.5) is 18.9 Å². The largest absolute Gasteiger partial charge is 0.435 e. The summed E-state index contributed by atoms with van der Waals surface area (Å²) in [6.45, 7) is 4.50. The van der Waals surface area contributed by atoms with E-state index in [4.69, 9.17) is 9.52 Å². The predicted molar refractivity (Wildman–Crippen MR) is 115 cm³/mol. The first-order valence-corrected chi connectivity index (χ1v) is 11.5. The molecule has 0 aliphatic rings. The molecule has 0 spiro atoms. The summed E-state index contributed by atoms with van der Waals surface area (Å²) >= 11 is 0. The molecule has 0 bridgehead atoms. The highest BCUT2D eigenvalue weighted by atomic mass is 32.2. The number of carbonyl (C=O) groups is 1. The first-order valence-electron chi connectivity index (χ1n) is 9.49. The number of aryl methyl sites for hydroxylation is 2. The standard InChI is InChI=1S/C21H20F3N5O3S/c1-11-8-9-16(13(3)26-11)32-20-17(12(2)18(28-29-20)21(22,23)24)19(30)27-14-6-5-7-15(10-14)33(4,25)31/h5-10,25H,1-4H3,(H,27,30)/t33-/m0/s1. The summed E-state index contributed by atoms with van der Waals surface area (Å²) in [6.07, 6.45) is -3.63. The zero-order valence-corrected chi connectivity index (χ0v) is 18.9. The van der Waals surface area contributed by atoms with Gasteiger partial charge in [0.1, 0.15) is 5.56 Å². The lowest BCUT2D eigenvalue weighted by Gasteiger charge is -2.16. The molecule has 0 saturated carbocycles. The molecule has 0 aliphatic heterocycles. The maximum absolute atomic E-state index is 13.4. The van der Waals surface area contributed by atoms with Gasteiger partial charge in [0.15, 0.2) is 11.4 Å². The van der Waals surface area contributed by atoms with Gasteiger partial charge in [0.2, 0.25) is 0 Å². The van der Waals surface area contributed by atoms with Crippen LogP contribution in [0.1, 0.15) is 33.0 Å². The smallest absolute Gasteiger partial charge is 0.435 e. The van der Waals surface area contributed by atoms with E-state index in [2.05, 4.69) is 20.5 Å². The molecule has 2 N–H and O–H groups in total. The molecule has 1 aromatic carbocycles. The van der Waals surface area contributed by atoms with E-state index < -0.39 is 44.5 Å². The number of halogens is 3. The molecule has 12 heteroatoms. The normalized spacial score (nSPS) is 13.3. The van der Waals surface area contributed by atoms with Crippen LogP contribution in [0.3, 0.4) is 0 Å². The third-order valence-corrected chi connectivity index (χ3v) is 5.76. The zero-order valence-electron chi connectivity index (χ0n) is 18.1. The van der Waals surface area contributed by atoms with Crippen molar-refractivity contribution in [2.75, 3.05) is 11.6 Å². The third kappa shape index (κ3) is 5.45. The molecule has 2 heterocycles. The Morgan fingerprint density at radius 3 is 2.42 bits per heavy atom. The molecule has 0 fully saturated rings. The van der Waals surface area contributed by atoms with Crippen LogP contribution in [0.15, 0.2) is 41.3 Å². The summed E-state index contributed by atoms with van der Waals surface area (Å²) in [5.74, 6) is -1.17. The molecule has 3 rings (SSSR count). The van der Waals surface area contributed by atoms with Gasteiger partial charge in [-0.05, 0) is 56.7 Å². The average molecular weight is 479 g/mol. The highest BCUT2D eigenvalue weighted by Gasteiger charge is 2.38. The van der Waals surface area contributed by atoms with Crippen LogP contribution in [0, 0.1) is 25.6 Å². The highest BCUT2D eigenvalue weighted by Crippen LogP contribution is 2.35. The van der Waals surface area contributed by atoms with Crippen LogP contribution in [-0.4, -0.2) is 31.6 Å². The van der Waals surface area contributed by atoms with Gasteiger partial charge in [-0.25, -0.2) is 8.99 Å². The molecule has 0 unspecified atom stereocenters. The Morgan fingerprint density at radius 2 is 1.82 bits per heavy atom. The van der Waals surface area contributed by atoms with Gasteiger partial charge in [0.25, 0.3) is 11.8 Å². The fourth-order valence-electron chi connectivity index (χ4n) is 3.00. The van der Waals surface area contributed by atoms with E-state index in [-0.39, 0.29) is 16.3 Å². The lowest BCUT2D eigenvalue weighted by molar-refractivity contribution is -0.142. The summed E-state index contributed by atoms with van der Waals surface area (Å²) in [7, 11) is -3.07. The van der Waals surface area contributed by atoms with Gasteiger partial charge in [-0.1, -0.05) is 6.07 Å². The fourth-order valence-corrected chi connectivity index (χ4v) is 3.69. The number of hydrogen-bond acceptors (Lipinski definition) is 7. The maximum Gasteiger partial charge on any atom is 0.435 e. The number of amides is 1. The summed E-state index contributed by atoms with van der Waals surface area (Å²) in [5, 5.41) is 9.22. The van der Waals surface area contributed by atoms with Crippen molar-refractivity contribution in [3.05, 3.63) is 64.6 Å². The van der Waals surface area contributed by atoms with E-state index in [9.17, 15) is 22.2 Å². The molecule has 0 aliphatic carbocycles. The topological polar surface area (TPSA) is 118 Å². The van der Waals surface area contributed by atoms with E-state index in [1.165, 1.54) is 30.5 Å². The summed E-state index contributed by atoms with van der Waals surface area (Å²) in [4.78, 5) is 17.4. The van der Waals surface area contributed by atoms with E-state index >= 15 is 0 Å². The van der Waals surface area contributed by atoms with Crippen LogP contribution in [0.2, 0.25) is 0 Å². The minimum Gasteiger partial charge on any atom is -0.435 e. The number of anilines is 1. The zero-order chi connectivity index (χ0) is 24.6. The number of hydrogen-bond donors (Lipinski definition) is 2. The van der Waals surface area contributed by atoms with Crippen molar-refractivity contribution >= 4 is 21.3 Å². The first-order chi connectivity index (χ1) is 15.3. The lowest BCUT2D eigenvalue weighted by Crippen LogP contribution is -2.21. The van der Waals surface area contributed by atoms with Crippen LogP contribution in [0.5, 0.6) is 11.6 Å². The number of nitrogens with one attached hydrogen (secondary N) is 2. The number of nitrogens with zero attached hydrogens (tertiary/aromatic N) is 3. The van der Waals surface area contributed by atoms with Crippen molar-refractivity contribution in [2.24, 2.45) is 0 Å². The Morgan fingerprint density at radius 1 is 1.12 bits per heavy atom. The Hall–Kier alpha value is -3.54. The van der Waals surface area contributed by atoms with Crippen LogP contribution < -0.4 is 10.1 Å². The second kappa shape index (κ2) is 8.77. The maximum atomic E-state index is 13.4. The molecule has 3 aromatic rings. The van der Waals surface area contributed by atoms with Crippen molar-refractivity contribution in [1.29, 1.82) is 4.78 Å². The first kappa shape index (κ1) is 24.1. The Kier molecular flexibility index (Phi) is 6.41. The van der Waals surface area contributed by atoms with Gasteiger partial charge in [-0.3, -0.25) is 9.78 Å². The second-order valence-electron chi connectivity index (χ2n) is 7.32.